The topological polar surface area (TPSA) is 38.7 Å². The smallest absolute Gasteiger partial charge is 0.164 e. The van der Waals surface area contributed by atoms with Gasteiger partial charge in [0, 0.05) is 21.2 Å². The van der Waals surface area contributed by atoms with Crippen molar-refractivity contribution in [2.24, 2.45) is 0 Å². The summed E-state index contributed by atoms with van der Waals surface area (Å²) in [5.41, 5.74) is 5.12. The van der Waals surface area contributed by atoms with Gasteiger partial charge in [0.15, 0.2) is 17.5 Å². The van der Waals surface area contributed by atoms with E-state index in [0.717, 1.165) is 26.7 Å². The van der Waals surface area contributed by atoms with E-state index in [-0.39, 0.29) is 0 Å². The molecule has 0 fully saturated rings. The van der Waals surface area contributed by atoms with Gasteiger partial charge in [-0.3, -0.25) is 0 Å². The van der Waals surface area contributed by atoms with Gasteiger partial charge in [-0.25, -0.2) is 15.0 Å². The first-order valence-corrected chi connectivity index (χ1v) is 14.4. The number of rotatable bonds is 4. The van der Waals surface area contributed by atoms with Gasteiger partial charge in [-0.15, -0.1) is 0 Å². The molecule has 1 aromatic heterocycles. The summed E-state index contributed by atoms with van der Waals surface area (Å²) >= 11 is 3.79. The van der Waals surface area contributed by atoms with Crippen LogP contribution in [0.15, 0.2) is 138 Å². The van der Waals surface area contributed by atoms with Crippen molar-refractivity contribution in [1.82, 2.24) is 15.0 Å². The van der Waals surface area contributed by atoms with Crippen molar-refractivity contribution in [2.45, 2.75) is 0 Å². The van der Waals surface area contributed by atoms with E-state index in [1.54, 1.807) is 0 Å². The van der Waals surface area contributed by atoms with E-state index in [1.165, 1.54) is 37.9 Å². The summed E-state index contributed by atoms with van der Waals surface area (Å²) < 4.78 is 0.971. The van der Waals surface area contributed by atoms with Gasteiger partial charge in [-0.05, 0) is 61.6 Å². The molecule has 192 valence electrons. The maximum atomic E-state index is 4.96. The van der Waals surface area contributed by atoms with Gasteiger partial charge in [-0.1, -0.05) is 131 Å². The van der Waals surface area contributed by atoms with Crippen LogP contribution in [-0.4, -0.2) is 15.0 Å². The summed E-state index contributed by atoms with van der Waals surface area (Å²) in [6, 6.07) is 46.5. The Labute approximate surface area is 245 Å². The Hall–Kier alpha value is -4.93. The molecule has 0 spiro atoms. The average Bonchev–Trinajstić information content (AvgIpc) is 3.04. The minimum absolute atomic E-state index is 0.637. The van der Waals surface area contributed by atoms with Crippen molar-refractivity contribution in [2.75, 3.05) is 0 Å². The van der Waals surface area contributed by atoms with Crippen molar-refractivity contribution in [3.63, 3.8) is 0 Å². The Kier molecular flexibility index (Phi) is 5.61. The molecule has 7 aromatic carbocycles. The fourth-order valence-corrected chi connectivity index (χ4v) is 6.29. The predicted octanol–water partition coefficient (Wildman–Crippen LogP) is 10.2. The van der Waals surface area contributed by atoms with Crippen LogP contribution >= 0.6 is 15.9 Å². The highest BCUT2D eigenvalue weighted by molar-refractivity contribution is 9.10. The number of hydrogen-bond acceptors (Lipinski definition) is 3. The minimum atomic E-state index is 0.637. The molecular weight excluding hydrogens is 566 g/mol. The lowest BCUT2D eigenvalue weighted by molar-refractivity contribution is 1.07. The molecule has 0 aliphatic rings. The molecule has 0 saturated heterocycles. The summed E-state index contributed by atoms with van der Waals surface area (Å²) in [6.45, 7) is 0. The number of aromatic nitrogens is 3. The Morgan fingerprint density at radius 1 is 0.390 bits per heavy atom. The van der Waals surface area contributed by atoms with Crippen LogP contribution in [0.1, 0.15) is 0 Å². The molecule has 1 heterocycles. The first kappa shape index (κ1) is 23.9. The second-order valence-corrected chi connectivity index (χ2v) is 11.2. The van der Waals surface area contributed by atoms with Gasteiger partial charge >= 0.3 is 0 Å². The second kappa shape index (κ2) is 9.61. The molecular formula is C37H22BrN3. The first-order chi connectivity index (χ1) is 20.2. The highest BCUT2D eigenvalue weighted by Crippen LogP contribution is 2.40. The maximum absolute atomic E-state index is 4.96. The molecule has 0 saturated carbocycles. The Balaban J connectivity index is 1.34. The second-order valence-electron chi connectivity index (χ2n) is 10.2. The third kappa shape index (κ3) is 4.16. The molecule has 0 aliphatic heterocycles. The summed E-state index contributed by atoms with van der Waals surface area (Å²) in [7, 11) is 0. The molecule has 0 aliphatic carbocycles. The number of hydrogen-bond donors (Lipinski definition) is 0. The molecule has 0 atom stereocenters. The molecule has 0 bridgehead atoms. The third-order valence-corrected chi connectivity index (χ3v) is 8.15. The normalized spacial score (nSPS) is 11.5. The van der Waals surface area contributed by atoms with E-state index >= 15 is 0 Å². The number of nitrogens with zero attached hydrogens (tertiary/aromatic N) is 3. The zero-order valence-electron chi connectivity index (χ0n) is 21.9. The maximum Gasteiger partial charge on any atom is 0.164 e. The van der Waals surface area contributed by atoms with Crippen LogP contribution < -0.4 is 0 Å². The lowest BCUT2D eigenvalue weighted by Crippen LogP contribution is -2.00. The third-order valence-electron chi connectivity index (χ3n) is 7.70. The van der Waals surface area contributed by atoms with Crippen LogP contribution in [0.2, 0.25) is 0 Å². The summed E-state index contributed by atoms with van der Waals surface area (Å²) in [6.07, 6.45) is 0. The van der Waals surface area contributed by atoms with Gasteiger partial charge in [0.25, 0.3) is 0 Å². The van der Waals surface area contributed by atoms with Crippen LogP contribution in [0.3, 0.4) is 0 Å². The van der Waals surface area contributed by atoms with E-state index in [0.29, 0.717) is 17.5 Å². The lowest BCUT2D eigenvalue weighted by atomic mass is 9.89. The first-order valence-electron chi connectivity index (χ1n) is 13.6. The summed E-state index contributed by atoms with van der Waals surface area (Å²) in [4.78, 5) is 14.8. The number of halogens is 1. The quantitative estimate of drug-likeness (QED) is 0.192. The largest absolute Gasteiger partial charge is 0.208 e. The highest BCUT2D eigenvalue weighted by atomic mass is 79.9. The van der Waals surface area contributed by atoms with Gasteiger partial charge in [-0.2, -0.15) is 0 Å². The monoisotopic (exact) mass is 587 g/mol. The molecule has 8 aromatic rings. The fraction of sp³-hybridized carbons (Fsp3) is 0. The lowest BCUT2D eigenvalue weighted by Gasteiger charge is -2.15. The molecule has 0 N–H and O–H groups in total. The van der Waals surface area contributed by atoms with Crippen molar-refractivity contribution in [3.8, 4) is 45.3 Å². The molecule has 41 heavy (non-hydrogen) atoms. The van der Waals surface area contributed by atoms with Crippen LogP contribution in [0, 0.1) is 0 Å². The van der Waals surface area contributed by atoms with E-state index in [2.05, 4.69) is 88.7 Å². The highest BCUT2D eigenvalue weighted by Gasteiger charge is 2.16. The van der Waals surface area contributed by atoms with Crippen LogP contribution in [-0.2, 0) is 0 Å². The zero-order chi connectivity index (χ0) is 27.3. The Morgan fingerprint density at radius 2 is 0.902 bits per heavy atom. The van der Waals surface area contributed by atoms with E-state index in [1.807, 2.05) is 60.7 Å². The van der Waals surface area contributed by atoms with Gasteiger partial charge in [0.1, 0.15) is 0 Å². The minimum Gasteiger partial charge on any atom is -0.208 e. The standard InChI is InChI=1S/C37H22BrN3/c38-30-21-28(31-18-16-25-15-14-23-12-7-13-24-17-19-32(31)34(25)33(23)24)20-29(22-30)37-40-35(26-8-3-1-4-9-26)39-36(41-37)27-10-5-2-6-11-27/h1-22H. The Morgan fingerprint density at radius 3 is 1.54 bits per heavy atom. The number of benzene rings is 7. The van der Waals surface area contributed by atoms with Crippen molar-refractivity contribution < 1.29 is 0 Å². The van der Waals surface area contributed by atoms with Crippen molar-refractivity contribution in [1.29, 1.82) is 0 Å². The zero-order valence-corrected chi connectivity index (χ0v) is 23.5. The average molecular weight is 589 g/mol. The van der Waals surface area contributed by atoms with Crippen LogP contribution in [0.25, 0.3) is 77.6 Å². The molecule has 0 radical (unpaired) electrons. The summed E-state index contributed by atoms with van der Waals surface area (Å²) in [5.74, 6) is 1.94. The van der Waals surface area contributed by atoms with Gasteiger partial charge in [0.2, 0.25) is 0 Å². The molecule has 0 amide bonds. The molecule has 8 rings (SSSR count). The predicted molar refractivity (Wildman–Crippen MR) is 173 cm³/mol. The van der Waals surface area contributed by atoms with Gasteiger partial charge in [0.05, 0.1) is 0 Å². The molecule has 3 nitrogen and oxygen atoms in total. The van der Waals surface area contributed by atoms with E-state index < -0.39 is 0 Å². The van der Waals surface area contributed by atoms with E-state index in [4.69, 9.17) is 15.0 Å². The molecule has 0 unspecified atom stereocenters. The Bertz CT molecular complexity index is 2140. The molecule has 4 heteroatoms. The van der Waals surface area contributed by atoms with Crippen molar-refractivity contribution >= 4 is 48.2 Å². The van der Waals surface area contributed by atoms with Crippen molar-refractivity contribution in [3.05, 3.63) is 138 Å². The fourth-order valence-electron chi connectivity index (χ4n) is 5.80. The summed E-state index contributed by atoms with van der Waals surface area (Å²) in [5, 5.41) is 7.64. The SMILES string of the molecule is Brc1cc(-c2nc(-c3ccccc3)nc(-c3ccccc3)n2)cc(-c2ccc3ccc4cccc5ccc2c3c45)c1. The van der Waals surface area contributed by atoms with E-state index in [9.17, 15) is 0 Å². The van der Waals surface area contributed by atoms with Gasteiger partial charge < -0.3 is 0 Å². The van der Waals surface area contributed by atoms with Crippen LogP contribution in [0.5, 0.6) is 0 Å². The van der Waals surface area contributed by atoms with Crippen LogP contribution in [0.4, 0.5) is 0 Å².